The number of hydrazone groups is 1. The monoisotopic (exact) mass is 392 g/mol. The second kappa shape index (κ2) is 9.68. The summed E-state index contributed by atoms with van der Waals surface area (Å²) in [5.74, 6) is 1.89. The molecule has 0 aromatic heterocycles. The average Bonchev–Trinajstić information content (AvgIpc) is 2.69. The first-order chi connectivity index (χ1) is 13.0. The lowest BCUT2D eigenvalue weighted by molar-refractivity contribution is -0.120. The highest BCUT2D eigenvalue weighted by Gasteiger charge is 2.11. The maximum absolute atomic E-state index is 12.1. The number of methoxy groups -OCH3 is 4. The number of nitrogens with zero attached hydrogens (tertiary/aromatic N) is 1. The molecule has 0 unspecified atom stereocenters. The van der Waals surface area contributed by atoms with Gasteiger partial charge >= 0.3 is 0 Å². The van der Waals surface area contributed by atoms with Crippen LogP contribution in [-0.2, 0) is 11.2 Å². The quantitative estimate of drug-likeness (QED) is 0.551. The summed E-state index contributed by atoms with van der Waals surface area (Å²) in [7, 11) is 6.15. The Labute approximate surface area is 162 Å². The van der Waals surface area contributed by atoms with E-state index < -0.39 is 0 Å². The molecule has 8 heteroatoms. The Morgan fingerprint density at radius 1 is 1.00 bits per heavy atom. The number of rotatable bonds is 8. The number of carbonyl (C=O) groups excluding carboxylic acids is 1. The molecular weight excluding hydrogens is 372 g/mol. The van der Waals surface area contributed by atoms with E-state index in [4.69, 9.17) is 30.5 Å². The number of carbonyl (C=O) groups is 1. The van der Waals surface area contributed by atoms with Gasteiger partial charge in [0.15, 0.2) is 11.5 Å². The molecule has 27 heavy (non-hydrogen) atoms. The first-order valence-corrected chi connectivity index (χ1v) is 8.34. The minimum atomic E-state index is -0.319. The fraction of sp³-hybridized carbons (Fsp3) is 0.263. The van der Waals surface area contributed by atoms with Gasteiger partial charge in [-0.15, -0.1) is 0 Å². The molecule has 0 aliphatic rings. The van der Waals surface area contributed by atoms with Crippen LogP contribution in [0.15, 0.2) is 35.4 Å². The molecular formula is C19H21ClN2O5. The smallest absolute Gasteiger partial charge is 0.244 e. The molecule has 0 atom stereocenters. The van der Waals surface area contributed by atoms with Gasteiger partial charge in [0.25, 0.3) is 0 Å². The molecule has 144 valence electrons. The Morgan fingerprint density at radius 3 is 2.30 bits per heavy atom. The number of halogens is 1. The Hall–Kier alpha value is -2.93. The second-order valence-electron chi connectivity index (χ2n) is 5.38. The summed E-state index contributed by atoms with van der Waals surface area (Å²) in [6.45, 7) is 0. The molecule has 0 saturated heterocycles. The lowest BCUT2D eigenvalue weighted by atomic mass is 10.1. The molecule has 0 fully saturated rings. The molecule has 2 aromatic carbocycles. The van der Waals surface area contributed by atoms with Crippen molar-refractivity contribution in [2.24, 2.45) is 5.10 Å². The Bertz CT molecular complexity index is 839. The summed E-state index contributed by atoms with van der Waals surface area (Å²) in [5.41, 5.74) is 3.73. The molecule has 2 aromatic rings. The van der Waals surface area contributed by atoms with E-state index in [-0.39, 0.29) is 12.3 Å². The molecule has 0 spiro atoms. The van der Waals surface area contributed by atoms with Crippen molar-refractivity contribution in [1.29, 1.82) is 0 Å². The van der Waals surface area contributed by atoms with Crippen molar-refractivity contribution < 1.29 is 23.7 Å². The summed E-state index contributed by atoms with van der Waals surface area (Å²) in [6, 6.07) is 8.50. The third kappa shape index (κ3) is 5.27. The summed E-state index contributed by atoms with van der Waals surface area (Å²) in [6.07, 6.45) is 1.53. The highest BCUT2D eigenvalue weighted by molar-refractivity contribution is 6.31. The highest BCUT2D eigenvalue weighted by Crippen LogP contribution is 2.33. The molecule has 0 bridgehead atoms. The maximum Gasteiger partial charge on any atom is 0.244 e. The third-order valence-electron chi connectivity index (χ3n) is 3.73. The van der Waals surface area contributed by atoms with Crippen LogP contribution in [0.4, 0.5) is 0 Å². The van der Waals surface area contributed by atoms with Gasteiger partial charge in [-0.1, -0.05) is 11.6 Å². The summed E-state index contributed by atoms with van der Waals surface area (Å²) in [5, 5.41) is 4.46. The molecule has 2 rings (SSSR count). The van der Waals surface area contributed by atoms with Gasteiger partial charge in [0.1, 0.15) is 11.5 Å². The van der Waals surface area contributed by atoms with E-state index in [2.05, 4.69) is 10.5 Å². The van der Waals surface area contributed by atoms with Crippen molar-refractivity contribution in [2.45, 2.75) is 6.42 Å². The number of hydrogen-bond donors (Lipinski definition) is 1. The molecule has 0 heterocycles. The van der Waals surface area contributed by atoms with Crippen LogP contribution in [0.2, 0.25) is 5.02 Å². The van der Waals surface area contributed by atoms with Crippen LogP contribution in [-0.4, -0.2) is 40.6 Å². The Kier molecular flexibility index (Phi) is 7.31. The summed E-state index contributed by atoms with van der Waals surface area (Å²) >= 11 is 6.11. The zero-order valence-electron chi connectivity index (χ0n) is 15.5. The molecule has 0 aliphatic heterocycles. The number of benzene rings is 2. The van der Waals surface area contributed by atoms with Gasteiger partial charge in [-0.25, -0.2) is 5.43 Å². The van der Waals surface area contributed by atoms with Crippen LogP contribution in [0.25, 0.3) is 0 Å². The zero-order chi connectivity index (χ0) is 19.8. The van der Waals surface area contributed by atoms with E-state index in [1.165, 1.54) is 27.5 Å². The predicted molar refractivity (Wildman–Crippen MR) is 104 cm³/mol. The molecule has 0 saturated carbocycles. The largest absolute Gasteiger partial charge is 0.497 e. The number of nitrogens with one attached hydrogen (secondary N) is 1. The van der Waals surface area contributed by atoms with Gasteiger partial charge in [-0.3, -0.25) is 4.79 Å². The van der Waals surface area contributed by atoms with E-state index in [0.29, 0.717) is 39.1 Å². The van der Waals surface area contributed by atoms with E-state index >= 15 is 0 Å². The molecule has 7 nitrogen and oxygen atoms in total. The van der Waals surface area contributed by atoms with Crippen molar-refractivity contribution >= 4 is 23.7 Å². The third-order valence-corrected chi connectivity index (χ3v) is 4.10. The van der Waals surface area contributed by atoms with E-state index in [0.717, 1.165) is 0 Å². The van der Waals surface area contributed by atoms with Crippen molar-refractivity contribution in [3.05, 3.63) is 46.5 Å². The lowest BCUT2D eigenvalue weighted by Crippen LogP contribution is -2.20. The fourth-order valence-electron chi connectivity index (χ4n) is 2.35. The van der Waals surface area contributed by atoms with Crippen LogP contribution >= 0.6 is 11.6 Å². The molecule has 0 radical (unpaired) electrons. The minimum absolute atomic E-state index is 0.0659. The SMILES string of the molecule is COc1ccc(Cl)c(CC(=O)N/N=C/c2cc(OC)c(OC)cc2OC)c1. The fourth-order valence-corrected chi connectivity index (χ4v) is 2.54. The summed E-state index contributed by atoms with van der Waals surface area (Å²) < 4.78 is 20.9. The molecule has 1 N–H and O–H groups in total. The molecule has 0 aliphatic carbocycles. The Balaban J connectivity index is 2.10. The van der Waals surface area contributed by atoms with Crippen molar-refractivity contribution in [1.82, 2.24) is 5.43 Å². The first kappa shape index (κ1) is 20.4. The van der Waals surface area contributed by atoms with Crippen LogP contribution in [0.3, 0.4) is 0 Å². The standard InChI is InChI=1S/C19H21ClN2O5/c1-24-14-5-6-15(20)12(7-14)9-19(23)22-21-11-13-8-17(26-3)18(27-4)10-16(13)25-2/h5-8,10-11H,9H2,1-4H3,(H,22,23)/b21-11+. The van der Waals surface area contributed by atoms with E-state index in [1.54, 1.807) is 37.4 Å². The van der Waals surface area contributed by atoms with Crippen molar-refractivity contribution in [2.75, 3.05) is 28.4 Å². The van der Waals surface area contributed by atoms with Gasteiger partial charge in [0.2, 0.25) is 5.91 Å². The van der Waals surface area contributed by atoms with Crippen molar-refractivity contribution in [3.8, 4) is 23.0 Å². The van der Waals surface area contributed by atoms with Gasteiger partial charge in [-0.05, 0) is 29.8 Å². The van der Waals surface area contributed by atoms with Crippen molar-refractivity contribution in [3.63, 3.8) is 0 Å². The normalized spacial score (nSPS) is 10.6. The summed E-state index contributed by atoms with van der Waals surface area (Å²) in [4.78, 5) is 12.1. The van der Waals surface area contributed by atoms with Crippen LogP contribution in [0, 0.1) is 0 Å². The topological polar surface area (TPSA) is 78.4 Å². The van der Waals surface area contributed by atoms with Crippen LogP contribution in [0.5, 0.6) is 23.0 Å². The van der Waals surface area contributed by atoms with Gasteiger partial charge in [-0.2, -0.15) is 5.10 Å². The van der Waals surface area contributed by atoms with Gasteiger partial charge < -0.3 is 18.9 Å². The number of ether oxygens (including phenoxy) is 4. The maximum atomic E-state index is 12.1. The van der Waals surface area contributed by atoms with Gasteiger partial charge in [0, 0.05) is 16.7 Å². The predicted octanol–water partition coefficient (Wildman–Crippen LogP) is 3.07. The zero-order valence-corrected chi connectivity index (χ0v) is 16.3. The number of hydrogen-bond acceptors (Lipinski definition) is 6. The van der Waals surface area contributed by atoms with E-state index in [1.807, 2.05) is 0 Å². The minimum Gasteiger partial charge on any atom is -0.497 e. The van der Waals surface area contributed by atoms with E-state index in [9.17, 15) is 4.79 Å². The molecule has 1 amide bonds. The van der Waals surface area contributed by atoms with Crippen LogP contribution in [0.1, 0.15) is 11.1 Å². The highest BCUT2D eigenvalue weighted by atomic mass is 35.5. The second-order valence-corrected chi connectivity index (χ2v) is 5.78. The average molecular weight is 393 g/mol. The lowest BCUT2D eigenvalue weighted by Gasteiger charge is -2.11. The Morgan fingerprint density at radius 2 is 1.67 bits per heavy atom. The van der Waals surface area contributed by atoms with Crippen LogP contribution < -0.4 is 24.4 Å². The van der Waals surface area contributed by atoms with Gasteiger partial charge in [0.05, 0.1) is 41.1 Å². The first-order valence-electron chi connectivity index (χ1n) is 7.96. The number of amides is 1.